The maximum Gasteiger partial charge on any atom is 0.252 e. The third kappa shape index (κ3) is 6.13. The van der Waals surface area contributed by atoms with E-state index < -0.39 is 0 Å². The zero-order valence-electron chi connectivity index (χ0n) is 19.4. The summed E-state index contributed by atoms with van der Waals surface area (Å²) in [7, 11) is 1.63. The fourth-order valence-electron chi connectivity index (χ4n) is 3.48. The first-order valence-corrected chi connectivity index (χ1v) is 11.0. The van der Waals surface area contributed by atoms with Crippen LogP contribution in [0.15, 0.2) is 60.8 Å². The minimum Gasteiger partial charge on any atom is -0.489 e. The Balaban J connectivity index is 1.54. The lowest BCUT2D eigenvalue weighted by Gasteiger charge is -2.16. The molecule has 1 atom stereocenters. The molecule has 2 N–H and O–H groups in total. The van der Waals surface area contributed by atoms with Crippen LogP contribution >= 0.6 is 0 Å². The van der Waals surface area contributed by atoms with Crippen LogP contribution in [0.1, 0.15) is 22.8 Å². The van der Waals surface area contributed by atoms with Gasteiger partial charge in [0.1, 0.15) is 36.6 Å². The lowest BCUT2D eigenvalue weighted by Crippen LogP contribution is -2.23. The van der Waals surface area contributed by atoms with Crippen LogP contribution in [-0.2, 0) is 11.3 Å². The number of hydrogen-bond acceptors (Lipinski definition) is 7. The van der Waals surface area contributed by atoms with Crippen molar-refractivity contribution in [2.75, 3.05) is 20.3 Å². The quantitative estimate of drug-likeness (QED) is 0.337. The van der Waals surface area contributed by atoms with E-state index in [0.717, 1.165) is 16.6 Å². The molecule has 0 aliphatic rings. The van der Waals surface area contributed by atoms with Crippen LogP contribution in [0, 0.1) is 11.3 Å². The monoisotopic (exact) mass is 471 g/mol. The number of aromatic amines is 1. The highest BCUT2D eigenvalue weighted by molar-refractivity contribution is 5.94. The van der Waals surface area contributed by atoms with Crippen molar-refractivity contribution in [3.05, 3.63) is 71.9 Å². The molecule has 0 fully saturated rings. The molecule has 0 spiro atoms. The standard InChI is InChI=1S/C26H25N5O4/c1-17(15-33-2)35-22-13-20(24-30-23-4-3-10-28-25(23)31-24)12-21(14-22)34-16-18-5-7-19(8-6-18)26(32)29-11-9-27/h3-8,10,12-14,17H,11,15-16H2,1-2H3,(H,29,32)(H,28,30,31)/t17-/m0/s1. The van der Waals surface area contributed by atoms with Crippen LogP contribution in [0.3, 0.4) is 0 Å². The summed E-state index contributed by atoms with van der Waals surface area (Å²) in [6, 6.07) is 18.3. The number of nitriles is 1. The van der Waals surface area contributed by atoms with Crippen molar-refractivity contribution < 1.29 is 19.0 Å². The number of pyridine rings is 1. The number of fused-ring (bicyclic) bond motifs is 1. The Hall–Kier alpha value is -4.42. The second-order valence-electron chi connectivity index (χ2n) is 7.86. The number of carbonyl (C=O) groups is 1. The fraction of sp³-hybridized carbons (Fsp3) is 0.231. The molecule has 0 saturated heterocycles. The molecule has 2 aromatic heterocycles. The Kier molecular flexibility index (Phi) is 7.55. The summed E-state index contributed by atoms with van der Waals surface area (Å²) >= 11 is 0. The molecular formula is C26H25N5O4. The van der Waals surface area contributed by atoms with Gasteiger partial charge in [0.05, 0.1) is 18.2 Å². The van der Waals surface area contributed by atoms with Crippen LogP contribution in [-0.4, -0.2) is 47.2 Å². The highest BCUT2D eigenvalue weighted by Gasteiger charge is 2.13. The third-order valence-corrected chi connectivity index (χ3v) is 5.10. The van der Waals surface area contributed by atoms with E-state index in [1.165, 1.54) is 0 Å². The summed E-state index contributed by atoms with van der Waals surface area (Å²) in [6.45, 7) is 2.63. The first kappa shape index (κ1) is 23.7. The Bertz CT molecular complexity index is 1310. The minimum atomic E-state index is -0.293. The van der Waals surface area contributed by atoms with Gasteiger partial charge in [0.15, 0.2) is 5.65 Å². The van der Waals surface area contributed by atoms with Gasteiger partial charge >= 0.3 is 0 Å². The number of hydrogen-bond donors (Lipinski definition) is 2. The molecule has 0 aliphatic heterocycles. The normalized spacial score (nSPS) is 11.6. The predicted molar refractivity (Wildman–Crippen MR) is 130 cm³/mol. The smallest absolute Gasteiger partial charge is 0.252 e. The highest BCUT2D eigenvalue weighted by Crippen LogP contribution is 2.30. The lowest BCUT2D eigenvalue weighted by molar-refractivity contribution is 0.0918. The largest absolute Gasteiger partial charge is 0.489 e. The van der Waals surface area contributed by atoms with Crippen LogP contribution in [0.2, 0.25) is 0 Å². The first-order valence-electron chi connectivity index (χ1n) is 11.0. The van der Waals surface area contributed by atoms with Gasteiger partial charge in [-0.2, -0.15) is 5.26 Å². The fourth-order valence-corrected chi connectivity index (χ4v) is 3.48. The van der Waals surface area contributed by atoms with E-state index in [4.69, 9.17) is 19.5 Å². The number of H-pyrrole nitrogens is 1. The molecule has 4 aromatic rings. The van der Waals surface area contributed by atoms with E-state index in [9.17, 15) is 4.79 Å². The van der Waals surface area contributed by atoms with E-state index in [1.807, 2.05) is 55.5 Å². The van der Waals surface area contributed by atoms with Crippen molar-refractivity contribution in [3.63, 3.8) is 0 Å². The Morgan fingerprint density at radius 3 is 2.71 bits per heavy atom. The molecule has 9 heteroatoms. The van der Waals surface area contributed by atoms with Crippen LogP contribution in [0.4, 0.5) is 0 Å². The second kappa shape index (κ2) is 11.1. The molecule has 2 aromatic carbocycles. The molecule has 9 nitrogen and oxygen atoms in total. The molecule has 35 heavy (non-hydrogen) atoms. The maximum atomic E-state index is 12.0. The van der Waals surface area contributed by atoms with Gasteiger partial charge in [0.25, 0.3) is 5.91 Å². The summed E-state index contributed by atoms with van der Waals surface area (Å²) in [5, 5.41) is 11.1. The third-order valence-electron chi connectivity index (χ3n) is 5.10. The number of methoxy groups -OCH3 is 1. The van der Waals surface area contributed by atoms with Gasteiger partial charge in [-0.25, -0.2) is 9.97 Å². The Morgan fingerprint density at radius 1 is 1.17 bits per heavy atom. The molecule has 1 amide bonds. The Morgan fingerprint density at radius 2 is 1.97 bits per heavy atom. The van der Waals surface area contributed by atoms with E-state index in [0.29, 0.717) is 35.1 Å². The minimum absolute atomic E-state index is 0.0330. The first-order chi connectivity index (χ1) is 17.1. The van der Waals surface area contributed by atoms with Gasteiger partial charge in [-0.15, -0.1) is 0 Å². The molecule has 0 aliphatic carbocycles. The number of nitrogens with zero attached hydrogens (tertiary/aromatic N) is 3. The number of rotatable bonds is 10. The molecule has 4 rings (SSSR count). The molecule has 0 radical (unpaired) electrons. The number of carbonyl (C=O) groups excluding carboxylic acids is 1. The zero-order valence-corrected chi connectivity index (χ0v) is 19.4. The summed E-state index contributed by atoms with van der Waals surface area (Å²) in [4.78, 5) is 24.1. The molecule has 0 unspecified atom stereocenters. The van der Waals surface area contributed by atoms with Gasteiger partial charge in [-0.3, -0.25) is 4.79 Å². The van der Waals surface area contributed by atoms with Crippen LogP contribution < -0.4 is 14.8 Å². The maximum absolute atomic E-state index is 12.0. The van der Waals surface area contributed by atoms with Crippen molar-refractivity contribution in [3.8, 4) is 29.0 Å². The zero-order chi connectivity index (χ0) is 24.6. The van der Waals surface area contributed by atoms with Crippen LogP contribution in [0.5, 0.6) is 11.5 Å². The topological polar surface area (TPSA) is 122 Å². The average molecular weight is 472 g/mol. The van der Waals surface area contributed by atoms with Crippen molar-refractivity contribution in [1.29, 1.82) is 5.26 Å². The van der Waals surface area contributed by atoms with Gasteiger partial charge < -0.3 is 24.5 Å². The number of aromatic nitrogens is 3. The summed E-state index contributed by atoms with van der Waals surface area (Å²) in [6.07, 6.45) is 1.55. The lowest BCUT2D eigenvalue weighted by atomic mass is 10.1. The van der Waals surface area contributed by atoms with Crippen molar-refractivity contribution in [2.45, 2.75) is 19.6 Å². The number of amides is 1. The molecule has 2 heterocycles. The van der Waals surface area contributed by atoms with Gasteiger partial charge in [0, 0.05) is 30.5 Å². The summed E-state index contributed by atoms with van der Waals surface area (Å²) in [5.74, 6) is 1.59. The predicted octanol–water partition coefficient (Wildman–Crippen LogP) is 3.87. The number of ether oxygens (including phenoxy) is 3. The van der Waals surface area contributed by atoms with E-state index in [-0.39, 0.29) is 25.2 Å². The molecule has 0 bridgehead atoms. The van der Waals surface area contributed by atoms with Crippen molar-refractivity contribution in [2.24, 2.45) is 0 Å². The molecular weight excluding hydrogens is 446 g/mol. The van der Waals surface area contributed by atoms with E-state index in [1.54, 1.807) is 25.4 Å². The average Bonchev–Trinajstić information content (AvgIpc) is 3.31. The Labute approximate surface area is 202 Å². The number of nitrogens with one attached hydrogen (secondary N) is 2. The summed E-state index contributed by atoms with van der Waals surface area (Å²) < 4.78 is 17.3. The van der Waals surface area contributed by atoms with E-state index >= 15 is 0 Å². The van der Waals surface area contributed by atoms with E-state index in [2.05, 4.69) is 20.3 Å². The van der Waals surface area contributed by atoms with Gasteiger partial charge in [0.2, 0.25) is 0 Å². The number of imidazole rings is 1. The highest BCUT2D eigenvalue weighted by atomic mass is 16.5. The van der Waals surface area contributed by atoms with Crippen LogP contribution in [0.25, 0.3) is 22.6 Å². The number of benzene rings is 2. The van der Waals surface area contributed by atoms with Crippen molar-refractivity contribution >= 4 is 17.1 Å². The van der Waals surface area contributed by atoms with Gasteiger partial charge in [-0.1, -0.05) is 12.1 Å². The second-order valence-corrected chi connectivity index (χ2v) is 7.86. The SMILES string of the molecule is COC[C@H](C)Oc1cc(OCc2ccc(C(=O)NCC#N)cc2)cc(-c2nc3ncccc3[nH]2)c1. The van der Waals surface area contributed by atoms with Crippen molar-refractivity contribution in [1.82, 2.24) is 20.3 Å². The molecule has 178 valence electrons. The summed E-state index contributed by atoms with van der Waals surface area (Å²) in [5.41, 5.74) is 3.62. The molecule has 0 saturated carbocycles. The van der Waals surface area contributed by atoms with Gasteiger partial charge in [-0.05, 0) is 48.9 Å².